The molecule has 1 fully saturated rings. The van der Waals surface area contributed by atoms with E-state index in [0.29, 0.717) is 6.42 Å². The van der Waals surface area contributed by atoms with Gasteiger partial charge < -0.3 is 20.5 Å². The summed E-state index contributed by atoms with van der Waals surface area (Å²) in [5.74, 6) is -2.96. The number of benzene rings is 1. The van der Waals surface area contributed by atoms with Crippen LogP contribution in [0.15, 0.2) is 30.3 Å². The van der Waals surface area contributed by atoms with Crippen molar-refractivity contribution in [2.45, 2.75) is 38.0 Å². The zero-order chi connectivity index (χ0) is 17.5. The van der Waals surface area contributed by atoms with Gasteiger partial charge in [0.1, 0.15) is 18.7 Å². The third-order valence-electron chi connectivity index (χ3n) is 3.54. The Morgan fingerprint density at radius 2 is 2.00 bits per heavy atom. The van der Waals surface area contributed by atoms with Gasteiger partial charge in [-0.3, -0.25) is 14.4 Å². The van der Waals surface area contributed by atoms with Crippen molar-refractivity contribution in [3.8, 4) is 0 Å². The first-order valence-corrected chi connectivity index (χ1v) is 7.48. The topological polar surface area (TPSA) is 122 Å². The van der Waals surface area contributed by atoms with Crippen molar-refractivity contribution in [3.05, 3.63) is 35.9 Å². The summed E-state index contributed by atoms with van der Waals surface area (Å²) in [5.41, 5.74) is 0.774. The van der Waals surface area contributed by atoms with Gasteiger partial charge in [0.25, 0.3) is 0 Å². The van der Waals surface area contributed by atoms with Gasteiger partial charge in [-0.15, -0.1) is 0 Å². The number of carboxylic acid groups (broad SMARTS) is 1. The van der Waals surface area contributed by atoms with Crippen LogP contribution in [-0.4, -0.2) is 40.9 Å². The van der Waals surface area contributed by atoms with Crippen molar-refractivity contribution in [1.29, 1.82) is 0 Å². The van der Waals surface area contributed by atoms with E-state index in [2.05, 4.69) is 10.6 Å². The predicted octanol–water partition coefficient (Wildman–Crippen LogP) is -0.0321. The highest BCUT2D eigenvalue weighted by molar-refractivity contribution is 5.93. The number of ether oxygens (including phenoxy) is 1. The average molecular weight is 334 g/mol. The summed E-state index contributed by atoms with van der Waals surface area (Å²) in [4.78, 5) is 46.0. The minimum atomic E-state index is -1.40. The van der Waals surface area contributed by atoms with Crippen LogP contribution in [-0.2, 0) is 30.5 Å². The maximum absolute atomic E-state index is 11.9. The number of amides is 2. The Balaban J connectivity index is 1.83. The second kappa shape index (κ2) is 8.09. The molecule has 2 amide bonds. The second-order valence-electron chi connectivity index (χ2n) is 5.41. The van der Waals surface area contributed by atoms with E-state index in [4.69, 9.17) is 9.84 Å². The van der Waals surface area contributed by atoms with E-state index < -0.39 is 36.4 Å². The summed E-state index contributed by atoms with van der Waals surface area (Å²) in [6.07, 6.45) is 0.0268. The van der Waals surface area contributed by atoms with Crippen LogP contribution in [0, 0.1) is 0 Å². The summed E-state index contributed by atoms with van der Waals surface area (Å²) >= 11 is 0. The molecular formula is C16H18N2O6. The summed E-state index contributed by atoms with van der Waals surface area (Å²) < 4.78 is 5.01. The molecule has 1 aliphatic rings. The third-order valence-corrected chi connectivity index (χ3v) is 3.54. The maximum atomic E-state index is 11.9. The van der Waals surface area contributed by atoms with Gasteiger partial charge in [0, 0.05) is 6.42 Å². The van der Waals surface area contributed by atoms with Crippen LogP contribution < -0.4 is 10.6 Å². The van der Waals surface area contributed by atoms with E-state index in [0.717, 1.165) is 5.56 Å². The van der Waals surface area contributed by atoms with Crippen molar-refractivity contribution in [2.75, 3.05) is 0 Å². The van der Waals surface area contributed by atoms with E-state index in [-0.39, 0.29) is 18.9 Å². The number of aliphatic carboxylic acids is 1. The Morgan fingerprint density at radius 1 is 1.29 bits per heavy atom. The molecule has 0 saturated carbocycles. The van der Waals surface area contributed by atoms with Crippen molar-refractivity contribution in [1.82, 2.24) is 10.6 Å². The van der Waals surface area contributed by atoms with Gasteiger partial charge in [-0.25, -0.2) is 4.79 Å². The number of carbonyl (C=O) groups excluding carboxylic acids is 3. The van der Waals surface area contributed by atoms with Crippen LogP contribution in [0.4, 0.5) is 0 Å². The third kappa shape index (κ3) is 5.08. The van der Waals surface area contributed by atoms with Crippen LogP contribution in [0.3, 0.4) is 0 Å². The molecule has 1 heterocycles. The molecule has 1 aromatic rings. The Labute approximate surface area is 138 Å². The van der Waals surface area contributed by atoms with Gasteiger partial charge in [0.2, 0.25) is 11.8 Å². The number of rotatable bonds is 7. The zero-order valence-electron chi connectivity index (χ0n) is 12.9. The Morgan fingerprint density at radius 3 is 2.58 bits per heavy atom. The molecule has 8 heteroatoms. The zero-order valence-corrected chi connectivity index (χ0v) is 12.9. The Hall–Kier alpha value is -2.90. The number of carbonyl (C=O) groups is 4. The molecule has 1 saturated heterocycles. The van der Waals surface area contributed by atoms with Gasteiger partial charge in [-0.2, -0.15) is 0 Å². The van der Waals surface area contributed by atoms with Crippen LogP contribution >= 0.6 is 0 Å². The van der Waals surface area contributed by atoms with Gasteiger partial charge >= 0.3 is 11.9 Å². The second-order valence-corrected chi connectivity index (χ2v) is 5.41. The van der Waals surface area contributed by atoms with Crippen molar-refractivity contribution in [2.24, 2.45) is 0 Å². The molecule has 1 aromatic carbocycles. The summed E-state index contributed by atoms with van der Waals surface area (Å²) in [7, 11) is 0. The fourth-order valence-corrected chi connectivity index (χ4v) is 2.25. The normalized spacial score (nSPS) is 17.7. The molecule has 0 bridgehead atoms. The first kappa shape index (κ1) is 17.5. The number of esters is 1. The monoisotopic (exact) mass is 334 g/mol. The largest absolute Gasteiger partial charge is 0.480 e. The SMILES string of the molecule is O=C1CC[C@@H](C(=O)N[C@@H](CC(=O)OCc2ccccc2)C(=O)O)N1. The lowest BCUT2D eigenvalue weighted by molar-refractivity contribution is -0.151. The summed E-state index contributed by atoms with van der Waals surface area (Å²) in [6.45, 7) is 0.0264. The van der Waals surface area contributed by atoms with Gasteiger partial charge in [-0.05, 0) is 12.0 Å². The highest BCUT2D eigenvalue weighted by Crippen LogP contribution is 2.08. The van der Waals surface area contributed by atoms with Crippen molar-refractivity contribution < 1.29 is 29.0 Å². The smallest absolute Gasteiger partial charge is 0.326 e. The van der Waals surface area contributed by atoms with E-state index in [9.17, 15) is 19.2 Å². The number of carboxylic acids is 1. The highest BCUT2D eigenvalue weighted by Gasteiger charge is 2.31. The molecule has 0 aliphatic carbocycles. The van der Waals surface area contributed by atoms with Gasteiger partial charge in [-0.1, -0.05) is 30.3 Å². The molecule has 24 heavy (non-hydrogen) atoms. The maximum Gasteiger partial charge on any atom is 0.326 e. The van der Waals surface area contributed by atoms with E-state index >= 15 is 0 Å². The van der Waals surface area contributed by atoms with Gasteiger partial charge in [0.05, 0.1) is 6.42 Å². The number of nitrogens with one attached hydrogen (secondary N) is 2. The average Bonchev–Trinajstić information content (AvgIpc) is 3.00. The Bertz CT molecular complexity index is 631. The molecule has 1 aliphatic heterocycles. The molecule has 2 atom stereocenters. The quantitative estimate of drug-likeness (QED) is 0.602. The standard InChI is InChI=1S/C16H18N2O6/c19-13-7-6-11(17-13)15(21)18-12(16(22)23)8-14(20)24-9-10-4-2-1-3-5-10/h1-5,11-12H,6-9H2,(H,17,19)(H,18,21)(H,22,23)/t11-,12-/m0/s1. The minimum Gasteiger partial charge on any atom is -0.480 e. The summed E-state index contributed by atoms with van der Waals surface area (Å²) in [6, 6.07) is 6.78. The molecule has 0 unspecified atom stereocenters. The lowest BCUT2D eigenvalue weighted by atomic mass is 10.1. The van der Waals surface area contributed by atoms with Crippen LogP contribution in [0.25, 0.3) is 0 Å². The molecule has 0 radical (unpaired) electrons. The van der Waals surface area contributed by atoms with Crippen LogP contribution in [0.1, 0.15) is 24.8 Å². The highest BCUT2D eigenvalue weighted by atomic mass is 16.5. The van der Waals surface area contributed by atoms with Gasteiger partial charge in [0.15, 0.2) is 0 Å². The molecule has 0 aromatic heterocycles. The number of hydrogen-bond donors (Lipinski definition) is 3. The lowest BCUT2D eigenvalue weighted by Crippen LogP contribution is -2.49. The Kier molecular flexibility index (Phi) is 5.89. The first-order valence-electron chi connectivity index (χ1n) is 7.48. The predicted molar refractivity (Wildman–Crippen MR) is 81.6 cm³/mol. The summed E-state index contributed by atoms with van der Waals surface area (Å²) in [5, 5.41) is 13.8. The molecule has 128 valence electrons. The molecular weight excluding hydrogens is 316 g/mol. The minimum absolute atomic E-state index is 0.0264. The number of hydrogen-bond acceptors (Lipinski definition) is 5. The van der Waals surface area contributed by atoms with Crippen molar-refractivity contribution >= 4 is 23.8 Å². The molecule has 3 N–H and O–H groups in total. The van der Waals surface area contributed by atoms with E-state index in [1.807, 2.05) is 6.07 Å². The van der Waals surface area contributed by atoms with E-state index in [1.54, 1.807) is 24.3 Å². The molecule has 2 rings (SSSR count). The first-order chi connectivity index (χ1) is 11.5. The van der Waals surface area contributed by atoms with Crippen LogP contribution in [0.2, 0.25) is 0 Å². The molecule has 0 spiro atoms. The molecule has 8 nitrogen and oxygen atoms in total. The van der Waals surface area contributed by atoms with Crippen molar-refractivity contribution in [3.63, 3.8) is 0 Å². The fraction of sp³-hybridized carbons (Fsp3) is 0.375. The fourth-order valence-electron chi connectivity index (χ4n) is 2.25. The van der Waals surface area contributed by atoms with Crippen LogP contribution in [0.5, 0.6) is 0 Å². The van der Waals surface area contributed by atoms with E-state index in [1.165, 1.54) is 0 Å². The lowest BCUT2D eigenvalue weighted by Gasteiger charge is -2.17.